The predicted octanol–water partition coefficient (Wildman–Crippen LogP) is 3.36. The molecule has 0 saturated heterocycles. The molecule has 0 spiro atoms. The number of aliphatic hydroxyl groups excluding tert-OH is 3. The number of fused-ring (bicyclic) bond motifs is 5. The van der Waals surface area contributed by atoms with Gasteiger partial charge in [0.25, 0.3) is 0 Å². The molecule has 4 rings (SSSR count). The highest BCUT2D eigenvalue weighted by atomic mass is 16.3. The first-order valence-electron chi connectivity index (χ1n) is 10.4. The molecule has 24 heavy (non-hydrogen) atoms. The van der Waals surface area contributed by atoms with Gasteiger partial charge in [-0.15, -0.1) is 0 Å². The molecule has 4 saturated carbocycles. The molecule has 0 heterocycles. The molecule has 4 aliphatic carbocycles. The quantitative estimate of drug-likeness (QED) is 0.688. The SMILES string of the molecule is CC[C@H]1CCC2C3C(O)[C@H](O)C4C[C@@H](O)CC[C@]4(C)C3CC[C@@]21C. The summed E-state index contributed by atoms with van der Waals surface area (Å²) in [5.74, 6) is 2.18. The summed E-state index contributed by atoms with van der Waals surface area (Å²) in [6, 6.07) is 0. The summed E-state index contributed by atoms with van der Waals surface area (Å²) in [6.07, 6.45) is 7.21. The van der Waals surface area contributed by atoms with Gasteiger partial charge >= 0.3 is 0 Å². The molecular weight excluding hydrogens is 300 g/mol. The second-order valence-corrected chi connectivity index (χ2v) is 10.0. The van der Waals surface area contributed by atoms with Gasteiger partial charge in [0.05, 0.1) is 18.3 Å². The van der Waals surface area contributed by atoms with Crippen molar-refractivity contribution in [3.05, 3.63) is 0 Å². The van der Waals surface area contributed by atoms with Crippen LogP contribution >= 0.6 is 0 Å². The van der Waals surface area contributed by atoms with Crippen LogP contribution in [0.2, 0.25) is 0 Å². The summed E-state index contributed by atoms with van der Waals surface area (Å²) >= 11 is 0. The lowest BCUT2D eigenvalue weighted by molar-refractivity contribution is -0.222. The average molecular weight is 337 g/mol. The minimum absolute atomic E-state index is 0.0604. The van der Waals surface area contributed by atoms with E-state index in [1.165, 1.54) is 32.1 Å². The standard InChI is InChI=1S/C21H36O3/c1-4-12-5-6-14-17-15(8-10-20(12,14)2)21(3)9-7-13(22)11-16(21)18(23)19(17)24/h12-19,22-24H,4-11H2,1-3H3/t12-,13-,14?,15?,16?,17?,18+,19?,20+,21+/m0/s1. The Kier molecular flexibility index (Phi) is 4.10. The Hall–Kier alpha value is -0.120. The van der Waals surface area contributed by atoms with E-state index in [0.717, 1.165) is 18.8 Å². The average Bonchev–Trinajstić information content (AvgIpc) is 2.90. The topological polar surface area (TPSA) is 60.7 Å². The van der Waals surface area contributed by atoms with Gasteiger partial charge in [-0.2, -0.15) is 0 Å². The number of hydrogen-bond acceptors (Lipinski definition) is 3. The minimum Gasteiger partial charge on any atom is -0.393 e. The van der Waals surface area contributed by atoms with E-state index in [-0.39, 0.29) is 23.4 Å². The Morgan fingerprint density at radius 1 is 0.792 bits per heavy atom. The second kappa shape index (κ2) is 5.69. The molecule has 3 heteroatoms. The van der Waals surface area contributed by atoms with Gasteiger partial charge in [-0.05, 0) is 85.4 Å². The Morgan fingerprint density at radius 3 is 2.17 bits per heavy atom. The third-order valence-corrected chi connectivity index (χ3v) is 9.41. The fourth-order valence-corrected chi connectivity index (χ4v) is 8.02. The Balaban J connectivity index is 1.70. The van der Waals surface area contributed by atoms with Gasteiger partial charge in [0, 0.05) is 0 Å². The molecular formula is C21H36O3. The number of rotatable bonds is 1. The minimum atomic E-state index is -0.658. The van der Waals surface area contributed by atoms with E-state index in [9.17, 15) is 15.3 Å². The molecule has 4 fully saturated rings. The van der Waals surface area contributed by atoms with Gasteiger partial charge in [0.15, 0.2) is 0 Å². The van der Waals surface area contributed by atoms with Crippen LogP contribution in [0.25, 0.3) is 0 Å². The first kappa shape index (κ1) is 17.3. The molecule has 0 amide bonds. The fourth-order valence-electron chi connectivity index (χ4n) is 8.02. The van der Waals surface area contributed by atoms with Gasteiger partial charge in [0.1, 0.15) is 0 Å². The maximum absolute atomic E-state index is 11.1. The lowest BCUT2D eigenvalue weighted by Gasteiger charge is -2.63. The van der Waals surface area contributed by atoms with Gasteiger partial charge in [-0.1, -0.05) is 27.2 Å². The highest BCUT2D eigenvalue weighted by molar-refractivity contribution is 5.13. The fraction of sp³-hybridized carbons (Fsp3) is 1.00. The zero-order chi connectivity index (χ0) is 17.3. The first-order valence-corrected chi connectivity index (χ1v) is 10.4. The van der Waals surface area contributed by atoms with E-state index < -0.39 is 12.2 Å². The van der Waals surface area contributed by atoms with E-state index in [4.69, 9.17) is 0 Å². The van der Waals surface area contributed by atoms with Gasteiger partial charge in [-0.3, -0.25) is 0 Å². The molecule has 0 aromatic heterocycles. The van der Waals surface area contributed by atoms with Crippen molar-refractivity contribution in [2.75, 3.05) is 0 Å². The summed E-state index contributed by atoms with van der Waals surface area (Å²) in [5.41, 5.74) is 0.447. The lowest BCUT2D eigenvalue weighted by atomic mass is 9.43. The lowest BCUT2D eigenvalue weighted by Crippen LogP contribution is -2.64. The Labute approximate surface area is 146 Å². The van der Waals surface area contributed by atoms with E-state index in [1.807, 2.05) is 0 Å². The Morgan fingerprint density at radius 2 is 1.46 bits per heavy atom. The van der Waals surface area contributed by atoms with Gasteiger partial charge in [0.2, 0.25) is 0 Å². The molecule has 0 aromatic carbocycles. The van der Waals surface area contributed by atoms with Crippen molar-refractivity contribution in [2.24, 2.45) is 40.4 Å². The molecule has 0 aromatic rings. The van der Waals surface area contributed by atoms with Crippen LogP contribution in [-0.4, -0.2) is 33.6 Å². The van der Waals surface area contributed by atoms with Crippen molar-refractivity contribution in [3.8, 4) is 0 Å². The van der Waals surface area contributed by atoms with Crippen LogP contribution in [0.1, 0.15) is 72.1 Å². The van der Waals surface area contributed by atoms with E-state index in [2.05, 4.69) is 20.8 Å². The van der Waals surface area contributed by atoms with Crippen LogP contribution in [0.3, 0.4) is 0 Å². The monoisotopic (exact) mass is 336 g/mol. The highest BCUT2D eigenvalue weighted by Gasteiger charge is 2.64. The molecule has 4 aliphatic rings. The van der Waals surface area contributed by atoms with Gasteiger partial charge in [-0.25, -0.2) is 0 Å². The third-order valence-electron chi connectivity index (χ3n) is 9.41. The predicted molar refractivity (Wildman–Crippen MR) is 94.3 cm³/mol. The summed E-state index contributed by atoms with van der Waals surface area (Å²) in [5, 5.41) is 32.2. The molecule has 0 aliphatic heterocycles. The van der Waals surface area contributed by atoms with Crippen LogP contribution in [0.15, 0.2) is 0 Å². The molecule has 0 bridgehead atoms. The molecule has 0 radical (unpaired) electrons. The summed E-state index contributed by atoms with van der Waals surface area (Å²) < 4.78 is 0. The molecule has 138 valence electrons. The largest absolute Gasteiger partial charge is 0.393 e. The van der Waals surface area contributed by atoms with Crippen molar-refractivity contribution >= 4 is 0 Å². The van der Waals surface area contributed by atoms with Gasteiger partial charge < -0.3 is 15.3 Å². The van der Waals surface area contributed by atoms with Crippen LogP contribution in [0, 0.1) is 40.4 Å². The highest BCUT2D eigenvalue weighted by Crippen LogP contribution is 2.67. The van der Waals surface area contributed by atoms with E-state index in [1.54, 1.807) is 0 Å². The second-order valence-electron chi connectivity index (χ2n) is 10.0. The zero-order valence-electron chi connectivity index (χ0n) is 15.6. The first-order chi connectivity index (χ1) is 11.3. The van der Waals surface area contributed by atoms with E-state index >= 15 is 0 Å². The zero-order valence-corrected chi connectivity index (χ0v) is 15.6. The number of aliphatic hydroxyl groups is 3. The summed E-state index contributed by atoms with van der Waals surface area (Å²) in [4.78, 5) is 0. The smallest absolute Gasteiger partial charge is 0.0836 e. The van der Waals surface area contributed by atoms with Crippen LogP contribution in [0.5, 0.6) is 0 Å². The van der Waals surface area contributed by atoms with Crippen molar-refractivity contribution in [1.29, 1.82) is 0 Å². The maximum Gasteiger partial charge on any atom is 0.0836 e. The van der Waals surface area contributed by atoms with Crippen molar-refractivity contribution in [1.82, 2.24) is 0 Å². The maximum atomic E-state index is 11.1. The van der Waals surface area contributed by atoms with Crippen molar-refractivity contribution in [3.63, 3.8) is 0 Å². The van der Waals surface area contributed by atoms with Crippen LogP contribution in [0.4, 0.5) is 0 Å². The number of hydrogen-bond donors (Lipinski definition) is 3. The van der Waals surface area contributed by atoms with Crippen LogP contribution < -0.4 is 0 Å². The summed E-state index contributed by atoms with van der Waals surface area (Å²) in [6.45, 7) is 7.13. The van der Waals surface area contributed by atoms with Crippen LogP contribution in [-0.2, 0) is 0 Å². The van der Waals surface area contributed by atoms with E-state index in [0.29, 0.717) is 23.7 Å². The normalized spacial score (nSPS) is 60.2. The Bertz CT molecular complexity index is 493. The summed E-state index contributed by atoms with van der Waals surface area (Å²) in [7, 11) is 0. The molecule has 10 atom stereocenters. The molecule has 5 unspecified atom stereocenters. The van der Waals surface area contributed by atoms with Crippen molar-refractivity contribution in [2.45, 2.75) is 90.4 Å². The molecule has 3 nitrogen and oxygen atoms in total. The molecule has 3 N–H and O–H groups in total. The van der Waals surface area contributed by atoms with Crippen molar-refractivity contribution < 1.29 is 15.3 Å². The third kappa shape index (κ3) is 2.13.